The maximum atomic E-state index is 13.1. The molecule has 4 rings (SSSR count). The van der Waals surface area contributed by atoms with Crippen LogP contribution in [-0.4, -0.2) is 53.1 Å². The van der Waals surface area contributed by atoms with Gasteiger partial charge >= 0.3 is 17.9 Å². The normalized spacial score (nSPS) is 17.6. The molecule has 0 fully saturated rings. The van der Waals surface area contributed by atoms with Crippen LogP contribution >= 0.6 is 0 Å². The molecule has 0 radical (unpaired) electrons. The Labute approximate surface area is 201 Å². The highest BCUT2D eigenvalue weighted by Crippen LogP contribution is 2.50. The molecule has 10 heteroatoms. The van der Waals surface area contributed by atoms with Gasteiger partial charge in [-0.2, -0.15) is 0 Å². The lowest BCUT2D eigenvalue weighted by atomic mass is 9.71. The fraction of sp³-hybridized carbons (Fsp3) is 0.320. The standard InChI is InChI=1S/C25H24O10/c1-12(26)35-24(27)16-6-13-7-17-18(34-11-33-17)10-15(13)21(22(16)25(28)32-5)14-8-19(29-2)23(31-4)20(9-14)30-3/h6-10,21-22H,11H2,1-5H3/t21-,22-/m1/s1. The van der Waals surface area contributed by atoms with E-state index < -0.39 is 29.7 Å². The number of benzene rings is 2. The van der Waals surface area contributed by atoms with Crippen LogP contribution in [0.4, 0.5) is 0 Å². The lowest BCUT2D eigenvalue weighted by molar-refractivity contribution is -0.157. The van der Waals surface area contributed by atoms with Gasteiger partial charge in [0.15, 0.2) is 23.0 Å². The van der Waals surface area contributed by atoms with E-state index >= 15 is 0 Å². The molecule has 1 aliphatic heterocycles. The number of carbonyl (C=O) groups excluding carboxylic acids is 3. The molecule has 0 spiro atoms. The molecule has 0 N–H and O–H groups in total. The second-order valence-electron chi connectivity index (χ2n) is 7.75. The zero-order chi connectivity index (χ0) is 25.3. The van der Waals surface area contributed by atoms with E-state index in [1.54, 1.807) is 24.3 Å². The number of methoxy groups -OCH3 is 4. The van der Waals surface area contributed by atoms with Crippen LogP contribution in [0.1, 0.15) is 29.5 Å². The van der Waals surface area contributed by atoms with Crippen molar-refractivity contribution in [2.75, 3.05) is 35.2 Å². The third-order valence-corrected chi connectivity index (χ3v) is 5.87. The van der Waals surface area contributed by atoms with Crippen molar-refractivity contribution in [2.45, 2.75) is 12.8 Å². The van der Waals surface area contributed by atoms with Gasteiger partial charge in [-0.25, -0.2) is 4.79 Å². The monoisotopic (exact) mass is 484 g/mol. The Morgan fingerprint density at radius 1 is 0.886 bits per heavy atom. The Kier molecular flexibility index (Phi) is 6.54. The minimum atomic E-state index is -1.15. The molecule has 2 aliphatic rings. The predicted molar refractivity (Wildman–Crippen MR) is 121 cm³/mol. The van der Waals surface area contributed by atoms with Crippen molar-refractivity contribution in [1.82, 2.24) is 0 Å². The van der Waals surface area contributed by atoms with Gasteiger partial charge in [0.05, 0.1) is 39.9 Å². The smallest absolute Gasteiger partial charge is 0.342 e. The molecule has 0 saturated heterocycles. The van der Waals surface area contributed by atoms with Gasteiger partial charge in [0.2, 0.25) is 12.5 Å². The van der Waals surface area contributed by atoms with Gasteiger partial charge in [-0.15, -0.1) is 0 Å². The Morgan fingerprint density at radius 2 is 1.51 bits per heavy atom. The molecule has 0 amide bonds. The van der Waals surface area contributed by atoms with E-state index in [1.165, 1.54) is 34.5 Å². The van der Waals surface area contributed by atoms with Gasteiger partial charge in [-0.1, -0.05) is 0 Å². The summed E-state index contributed by atoms with van der Waals surface area (Å²) in [5.41, 5.74) is 1.77. The van der Waals surface area contributed by atoms with Crippen molar-refractivity contribution in [1.29, 1.82) is 0 Å². The molecule has 0 unspecified atom stereocenters. The average Bonchev–Trinajstić information content (AvgIpc) is 3.31. The number of rotatable bonds is 6. The van der Waals surface area contributed by atoms with E-state index in [9.17, 15) is 14.4 Å². The first-order chi connectivity index (χ1) is 16.8. The largest absolute Gasteiger partial charge is 0.493 e. The summed E-state index contributed by atoms with van der Waals surface area (Å²) in [5.74, 6) is -2.31. The summed E-state index contributed by atoms with van der Waals surface area (Å²) in [6.07, 6.45) is 1.50. The van der Waals surface area contributed by atoms with E-state index in [0.717, 1.165) is 6.92 Å². The maximum absolute atomic E-state index is 13.1. The van der Waals surface area contributed by atoms with Crippen LogP contribution in [0.25, 0.3) is 6.08 Å². The lowest BCUT2D eigenvalue weighted by Crippen LogP contribution is -2.33. The third kappa shape index (κ3) is 4.23. The maximum Gasteiger partial charge on any atom is 0.342 e. The minimum absolute atomic E-state index is 0.0381. The number of esters is 3. The van der Waals surface area contributed by atoms with E-state index in [4.69, 9.17) is 33.2 Å². The second-order valence-corrected chi connectivity index (χ2v) is 7.75. The fourth-order valence-corrected chi connectivity index (χ4v) is 4.40. The number of fused-ring (bicyclic) bond motifs is 2. The highest BCUT2D eigenvalue weighted by Gasteiger charge is 2.43. The van der Waals surface area contributed by atoms with Gasteiger partial charge in [-0.05, 0) is 47.0 Å². The average molecular weight is 484 g/mol. The van der Waals surface area contributed by atoms with E-state index in [2.05, 4.69) is 0 Å². The molecule has 2 aromatic rings. The first kappa shape index (κ1) is 23.9. The minimum Gasteiger partial charge on any atom is -0.493 e. The first-order valence-electron chi connectivity index (χ1n) is 10.6. The Hall–Kier alpha value is -4.21. The van der Waals surface area contributed by atoms with Crippen molar-refractivity contribution in [3.63, 3.8) is 0 Å². The van der Waals surface area contributed by atoms with Crippen molar-refractivity contribution in [2.24, 2.45) is 5.92 Å². The van der Waals surface area contributed by atoms with Crippen LogP contribution in [0, 0.1) is 5.92 Å². The summed E-state index contributed by atoms with van der Waals surface area (Å²) in [4.78, 5) is 37.7. The van der Waals surface area contributed by atoms with E-state index in [0.29, 0.717) is 45.4 Å². The van der Waals surface area contributed by atoms with Crippen LogP contribution in [0.2, 0.25) is 0 Å². The Bertz CT molecular complexity index is 1200. The lowest BCUT2D eigenvalue weighted by Gasteiger charge is -2.32. The highest BCUT2D eigenvalue weighted by molar-refractivity contribution is 6.05. The molecule has 0 aromatic heterocycles. The molecular formula is C25H24O10. The zero-order valence-corrected chi connectivity index (χ0v) is 19.8. The molecule has 0 saturated carbocycles. The molecule has 35 heavy (non-hydrogen) atoms. The molecule has 0 bridgehead atoms. The summed E-state index contributed by atoms with van der Waals surface area (Å²) in [5, 5.41) is 0. The molecular weight excluding hydrogens is 460 g/mol. The first-order valence-corrected chi connectivity index (χ1v) is 10.6. The zero-order valence-electron chi connectivity index (χ0n) is 19.8. The topological polar surface area (TPSA) is 116 Å². The fourth-order valence-electron chi connectivity index (χ4n) is 4.40. The predicted octanol–water partition coefficient (Wildman–Crippen LogP) is 2.85. The third-order valence-electron chi connectivity index (χ3n) is 5.87. The summed E-state index contributed by atoms with van der Waals surface area (Å²) in [6, 6.07) is 6.84. The van der Waals surface area contributed by atoms with Crippen LogP contribution < -0.4 is 23.7 Å². The Balaban J connectivity index is 2.00. The highest BCUT2D eigenvalue weighted by atomic mass is 16.7. The summed E-state index contributed by atoms with van der Waals surface area (Å²) >= 11 is 0. The van der Waals surface area contributed by atoms with Crippen molar-refractivity contribution < 1.29 is 47.5 Å². The quantitative estimate of drug-likeness (QED) is 0.448. The molecule has 1 heterocycles. The SMILES string of the molecule is COC(=O)[C@@H]1C(C(=O)OC(C)=O)=Cc2cc3c(cc2[C@H]1c1cc(OC)c(OC)c(OC)c1)OCO3. The number of hydrogen-bond acceptors (Lipinski definition) is 10. The van der Waals surface area contributed by atoms with Gasteiger partial charge in [0, 0.05) is 12.8 Å². The number of hydrogen-bond donors (Lipinski definition) is 0. The molecule has 10 nitrogen and oxygen atoms in total. The van der Waals surface area contributed by atoms with Gasteiger partial charge in [0.25, 0.3) is 0 Å². The van der Waals surface area contributed by atoms with Crippen LogP contribution in [0.3, 0.4) is 0 Å². The molecule has 184 valence electrons. The Morgan fingerprint density at radius 3 is 2.06 bits per heavy atom. The van der Waals surface area contributed by atoms with Crippen molar-refractivity contribution in [3.05, 3.63) is 46.5 Å². The molecule has 1 aliphatic carbocycles. The summed E-state index contributed by atoms with van der Waals surface area (Å²) < 4.78 is 37.4. The summed E-state index contributed by atoms with van der Waals surface area (Å²) in [6.45, 7) is 1.15. The van der Waals surface area contributed by atoms with Crippen molar-refractivity contribution >= 4 is 24.0 Å². The van der Waals surface area contributed by atoms with Gasteiger partial charge in [-0.3, -0.25) is 9.59 Å². The van der Waals surface area contributed by atoms with Crippen LogP contribution in [0.15, 0.2) is 29.8 Å². The van der Waals surface area contributed by atoms with Gasteiger partial charge < -0.3 is 33.2 Å². The van der Waals surface area contributed by atoms with Crippen LogP contribution in [-0.2, 0) is 23.9 Å². The second kappa shape index (κ2) is 9.57. The van der Waals surface area contributed by atoms with Gasteiger partial charge in [0.1, 0.15) is 0 Å². The summed E-state index contributed by atoms with van der Waals surface area (Å²) in [7, 11) is 5.65. The number of carbonyl (C=O) groups is 3. The number of ether oxygens (including phenoxy) is 7. The van der Waals surface area contributed by atoms with E-state index in [-0.39, 0.29) is 12.4 Å². The van der Waals surface area contributed by atoms with Crippen LogP contribution in [0.5, 0.6) is 28.7 Å². The van der Waals surface area contributed by atoms with E-state index in [1.807, 2.05) is 0 Å². The molecule has 2 atom stereocenters. The molecule has 2 aromatic carbocycles. The van der Waals surface area contributed by atoms with Crippen molar-refractivity contribution in [3.8, 4) is 28.7 Å².